The average molecular weight is 355 g/mol. The Morgan fingerprint density at radius 3 is 2.00 bits per heavy atom. The Hall–Kier alpha value is -2.89. The SMILES string of the molecule is C=CCNC(=O)[C@@H]1[C@H](C(=O)NCC=C)C1(C)C(=O)c1ccccc1NC. The van der Waals surface area contributed by atoms with Gasteiger partial charge in [-0.25, -0.2) is 0 Å². The summed E-state index contributed by atoms with van der Waals surface area (Å²) >= 11 is 0. The van der Waals surface area contributed by atoms with E-state index in [1.807, 2.05) is 6.07 Å². The highest BCUT2D eigenvalue weighted by atomic mass is 16.2. The van der Waals surface area contributed by atoms with Crippen LogP contribution in [0, 0.1) is 17.3 Å². The zero-order valence-corrected chi connectivity index (χ0v) is 15.2. The average Bonchev–Trinajstić information content (AvgIpc) is 3.30. The van der Waals surface area contributed by atoms with E-state index in [1.54, 1.807) is 44.3 Å². The number of nitrogens with one attached hydrogen (secondary N) is 3. The van der Waals surface area contributed by atoms with Gasteiger partial charge in [0.25, 0.3) is 0 Å². The van der Waals surface area contributed by atoms with Gasteiger partial charge in [0.1, 0.15) is 0 Å². The molecule has 0 heterocycles. The van der Waals surface area contributed by atoms with Gasteiger partial charge in [-0.1, -0.05) is 31.2 Å². The molecule has 0 radical (unpaired) electrons. The Morgan fingerprint density at radius 2 is 1.54 bits per heavy atom. The molecule has 3 N–H and O–H groups in total. The molecule has 1 aliphatic carbocycles. The molecule has 6 heteroatoms. The normalized spacial score (nSPS) is 23.5. The van der Waals surface area contributed by atoms with Crippen LogP contribution in [0.25, 0.3) is 0 Å². The fraction of sp³-hybridized carbons (Fsp3) is 0.350. The number of hydrogen-bond acceptors (Lipinski definition) is 4. The van der Waals surface area contributed by atoms with Crippen molar-refractivity contribution in [2.45, 2.75) is 6.92 Å². The largest absolute Gasteiger partial charge is 0.388 e. The minimum atomic E-state index is -1.09. The lowest BCUT2D eigenvalue weighted by Gasteiger charge is -2.14. The van der Waals surface area contributed by atoms with Crippen molar-refractivity contribution in [3.8, 4) is 0 Å². The summed E-state index contributed by atoms with van der Waals surface area (Å²) in [6.07, 6.45) is 3.12. The van der Waals surface area contributed by atoms with E-state index in [0.29, 0.717) is 11.3 Å². The van der Waals surface area contributed by atoms with Crippen LogP contribution in [0.4, 0.5) is 5.69 Å². The Kier molecular flexibility index (Phi) is 5.97. The van der Waals surface area contributed by atoms with Crippen LogP contribution in [0.5, 0.6) is 0 Å². The fourth-order valence-electron chi connectivity index (χ4n) is 3.40. The number of hydrogen-bond donors (Lipinski definition) is 3. The molecule has 1 aliphatic rings. The van der Waals surface area contributed by atoms with Crippen LogP contribution in [0.1, 0.15) is 17.3 Å². The van der Waals surface area contributed by atoms with Gasteiger partial charge in [0, 0.05) is 31.4 Å². The zero-order chi connectivity index (χ0) is 19.3. The molecule has 2 rings (SSSR count). The van der Waals surface area contributed by atoms with Crippen LogP contribution in [0.15, 0.2) is 49.6 Å². The van der Waals surface area contributed by atoms with Gasteiger partial charge in [0.2, 0.25) is 11.8 Å². The Morgan fingerprint density at radius 1 is 1.04 bits per heavy atom. The van der Waals surface area contributed by atoms with E-state index < -0.39 is 17.3 Å². The number of benzene rings is 1. The van der Waals surface area contributed by atoms with Crippen molar-refractivity contribution in [2.24, 2.45) is 17.3 Å². The minimum Gasteiger partial charge on any atom is -0.388 e. The number of Topliss-reactive ketones (excluding diaryl/α,β-unsaturated/α-hetero) is 1. The summed E-state index contributed by atoms with van der Waals surface area (Å²) in [5.41, 5.74) is 0.0443. The molecule has 1 aromatic carbocycles. The first-order chi connectivity index (χ1) is 12.4. The van der Waals surface area contributed by atoms with Crippen LogP contribution < -0.4 is 16.0 Å². The predicted molar refractivity (Wildman–Crippen MR) is 102 cm³/mol. The van der Waals surface area contributed by atoms with Gasteiger partial charge < -0.3 is 16.0 Å². The maximum absolute atomic E-state index is 13.2. The molecule has 1 fully saturated rings. The highest BCUT2D eigenvalue weighted by molar-refractivity contribution is 6.14. The molecule has 0 saturated heterocycles. The highest BCUT2D eigenvalue weighted by Gasteiger charge is 2.72. The predicted octanol–water partition coefficient (Wildman–Crippen LogP) is 1.77. The third-order valence-electron chi connectivity index (χ3n) is 4.85. The summed E-state index contributed by atoms with van der Waals surface area (Å²) < 4.78 is 0. The molecule has 3 atom stereocenters. The summed E-state index contributed by atoms with van der Waals surface area (Å²) in [7, 11) is 1.73. The second-order valence-corrected chi connectivity index (χ2v) is 6.43. The Balaban J connectivity index is 2.35. The topological polar surface area (TPSA) is 87.3 Å². The minimum absolute atomic E-state index is 0.222. The third kappa shape index (κ3) is 3.40. The lowest BCUT2D eigenvalue weighted by Crippen LogP contribution is -2.30. The molecule has 1 aromatic rings. The second-order valence-electron chi connectivity index (χ2n) is 6.43. The van der Waals surface area contributed by atoms with E-state index in [-0.39, 0.29) is 30.7 Å². The molecule has 138 valence electrons. The van der Waals surface area contributed by atoms with Crippen molar-refractivity contribution in [1.82, 2.24) is 10.6 Å². The maximum Gasteiger partial charge on any atom is 0.225 e. The molecular weight excluding hydrogens is 330 g/mol. The van der Waals surface area contributed by atoms with Gasteiger partial charge in [0.15, 0.2) is 5.78 Å². The van der Waals surface area contributed by atoms with Crippen LogP contribution in [-0.2, 0) is 9.59 Å². The first-order valence-corrected chi connectivity index (χ1v) is 8.52. The summed E-state index contributed by atoms with van der Waals surface area (Å²) in [6, 6.07) is 7.08. The van der Waals surface area contributed by atoms with Gasteiger partial charge in [-0.2, -0.15) is 0 Å². The van der Waals surface area contributed by atoms with Gasteiger partial charge >= 0.3 is 0 Å². The lowest BCUT2D eigenvalue weighted by molar-refractivity contribution is -0.127. The number of carbonyl (C=O) groups is 3. The van der Waals surface area contributed by atoms with E-state index in [0.717, 1.165) is 0 Å². The zero-order valence-electron chi connectivity index (χ0n) is 15.2. The quantitative estimate of drug-likeness (QED) is 0.465. The van der Waals surface area contributed by atoms with Crippen LogP contribution in [0.2, 0.25) is 0 Å². The van der Waals surface area contributed by atoms with Crippen molar-refractivity contribution < 1.29 is 14.4 Å². The van der Waals surface area contributed by atoms with E-state index in [4.69, 9.17) is 0 Å². The number of anilines is 1. The summed E-state index contributed by atoms with van der Waals surface area (Å²) in [6.45, 7) is 9.39. The van der Waals surface area contributed by atoms with Crippen LogP contribution in [0.3, 0.4) is 0 Å². The molecule has 0 bridgehead atoms. The van der Waals surface area contributed by atoms with Crippen molar-refractivity contribution in [3.05, 3.63) is 55.1 Å². The molecule has 0 aliphatic heterocycles. The lowest BCUT2D eigenvalue weighted by atomic mass is 9.91. The maximum atomic E-state index is 13.2. The smallest absolute Gasteiger partial charge is 0.225 e. The number of ketones is 1. The number of para-hydroxylation sites is 1. The number of carbonyl (C=O) groups excluding carboxylic acids is 3. The van der Waals surface area contributed by atoms with Crippen molar-refractivity contribution in [1.29, 1.82) is 0 Å². The standard InChI is InChI=1S/C20H25N3O3/c1-5-11-22-18(25)15-16(19(26)23-12-6-2)20(15,3)17(24)13-9-7-8-10-14(13)21-4/h5-10,15-16,21H,1-2,11-12H2,3-4H3,(H,22,25)(H,23,26)/t15-,16+,20?. The van der Waals surface area contributed by atoms with Gasteiger partial charge in [-0.3, -0.25) is 14.4 Å². The summed E-state index contributed by atoms with van der Waals surface area (Å²) in [5, 5.41) is 8.39. The monoisotopic (exact) mass is 355 g/mol. The van der Waals surface area contributed by atoms with E-state index in [2.05, 4.69) is 29.1 Å². The first-order valence-electron chi connectivity index (χ1n) is 8.52. The fourth-order valence-corrected chi connectivity index (χ4v) is 3.40. The van der Waals surface area contributed by atoms with Crippen LogP contribution in [-0.4, -0.2) is 37.7 Å². The first kappa shape index (κ1) is 19.4. The van der Waals surface area contributed by atoms with Gasteiger partial charge in [-0.15, -0.1) is 13.2 Å². The molecule has 1 saturated carbocycles. The van der Waals surface area contributed by atoms with Gasteiger partial charge in [0.05, 0.1) is 17.3 Å². The molecule has 26 heavy (non-hydrogen) atoms. The van der Waals surface area contributed by atoms with Crippen molar-refractivity contribution >= 4 is 23.3 Å². The molecular formula is C20H25N3O3. The highest BCUT2D eigenvalue weighted by Crippen LogP contribution is 2.60. The van der Waals surface area contributed by atoms with Crippen molar-refractivity contribution in [3.63, 3.8) is 0 Å². The molecule has 0 aromatic heterocycles. The molecule has 2 amide bonds. The molecule has 0 spiro atoms. The van der Waals surface area contributed by atoms with Gasteiger partial charge in [-0.05, 0) is 12.1 Å². The van der Waals surface area contributed by atoms with E-state index >= 15 is 0 Å². The third-order valence-corrected chi connectivity index (χ3v) is 4.85. The van der Waals surface area contributed by atoms with E-state index in [1.165, 1.54) is 0 Å². The van der Waals surface area contributed by atoms with Crippen molar-refractivity contribution in [2.75, 3.05) is 25.5 Å². The molecule has 6 nitrogen and oxygen atoms in total. The van der Waals surface area contributed by atoms with Crippen LogP contribution >= 0.6 is 0 Å². The summed E-state index contributed by atoms with van der Waals surface area (Å²) in [4.78, 5) is 38.3. The number of rotatable bonds is 9. The van der Waals surface area contributed by atoms with E-state index in [9.17, 15) is 14.4 Å². The Bertz CT molecular complexity index is 712. The molecule has 1 unspecified atom stereocenters. The Labute approximate surface area is 153 Å². The number of amides is 2. The summed E-state index contributed by atoms with van der Waals surface area (Å²) in [5.74, 6) is -2.29. The second kappa shape index (κ2) is 7.99.